The van der Waals surface area contributed by atoms with Crippen molar-refractivity contribution in [2.75, 3.05) is 19.6 Å². The normalized spacial score (nSPS) is 21.0. The molecule has 0 aromatic carbocycles. The molecule has 0 N–H and O–H groups in total. The number of hydrogen-bond donors (Lipinski definition) is 0. The van der Waals surface area contributed by atoms with E-state index in [2.05, 4.69) is 4.98 Å². The average molecular weight is 301 g/mol. The van der Waals surface area contributed by atoms with E-state index in [-0.39, 0.29) is 17.9 Å². The van der Waals surface area contributed by atoms with Crippen LogP contribution in [0.2, 0.25) is 0 Å². The fraction of sp³-hybridized carbons (Fsp3) is 0.588. The van der Waals surface area contributed by atoms with Gasteiger partial charge in [0.1, 0.15) is 11.7 Å². The first-order valence-electron chi connectivity index (χ1n) is 8.21. The summed E-state index contributed by atoms with van der Waals surface area (Å²) < 4.78 is 0. The molecule has 2 aliphatic rings. The van der Waals surface area contributed by atoms with Crippen LogP contribution in [0.3, 0.4) is 0 Å². The molecule has 5 heteroatoms. The van der Waals surface area contributed by atoms with E-state index in [0.717, 1.165) is 25.9 Å². The Balaban J connectivity index is 1.71. The zero-order valence-electron chi connectivity index (χ0n) is 13.1. The van der Waals surface area contributed by atoms with E-state index in [1.54, 1.807) is 29.3 Å². The van der Waals surface area contributed by atoms with Gasteiger partial charge >= 0.3 is 0 Å². The molecule has 0 bridgehead atoms. The van der Waals surface area contributed by atoms with Crippen LogP contribution in [-0.2, 0) is 4.79 Å². The van der Waals surface area contributed by atoms with Crippen molar-refractivity contribution in [2.24, 2.45) is 5.92 Å². The molecule has 0 unspecified atom stereocenters. The minimum atomic E-state index is -0.312. The maximum absolute atomic E-state index is 12.8. The number of carbonyl (C=O) groups is 2. The highest BCUT2D eigenvalue weighted by molar-refractivity contribution is 5.96. The average Bonchev–Trinajstić information content (AvgIpc) is 3.25. The van der Waals surface area contributed by atoms with Crippen molar-refractivity contribution in [3.05, 3.63) is 30.1 Å². The third-order valence-electron chi connectivity index (χ3n) is 4.55. The second kappa shape index (κ2) is 6.46. The molecular weight excluding hydrogens is 278 g/mol. The van der Waals surface area contributed by atoms with Crippen molar-refractivity contribution < 1.29 is 9.59 Å². The van der Waals surface area contributed by atoms with Crippen molar-refractivity contribution in [2.45, 2.75) is 38.6 Å². The molecule has 3 rings (SSSR count). The van der Waals surface area contributed by atoms with Crippen LogP contribution in [0, 0.1) is 5.92 Å². The first-order chi connectivity index (χ1) is 10.7. The lowest BCUT2D eigenvalue weighted by atomic mass is 10.1. The van der Waals surface area contributed by atoms with Gasteiger partial charge < -0.3 is 9.80 Å². The molecule has 1 aromatic rings. The van der Waals surface area contributed by atoms with Gasteiger partial charge in [0.15, 0.2) is 0 Å². The number of likely N-dealkylation sites (N-methyl/N-ethyl adjacent to an activating group) is 1. The number of carbonyl (C=O) groups excluding carboxylic acids is 2. The summed E-state index contributed by atoms with van der Waals surface area (Å²) in [6.07, 6.45) is 5.72. The van der Waals surface area contributed by atoms with Crippen LogP contribution in [-0.4, -0.2) is 52.3 Å². The van der Waals surface area contributed by atoms with E-state index in [1.807, 2.05) is 11.8 Å². The van der Waals surface area contributed by atoms with E-state index < -0.39 is 0 Å². The second-order valence-electron chi connectivity index (χ2n) is 6.19. The number of aromatic nitrogens is 1. The first-order valence-corrected chi connectivity index (χ1v) is 8.21. The summed E-state index contributed by atoms with van der Waals surface area (Å²) in [6.45, 7) is 4.22. The molecule has 22 heavy (non-hydrogen) atoms. The highest BCUT2D eigenvalue weighted by atomic mass is 16.2. The third kappa shape index (κ3) is 3.13. The lowest BCUT2D eigenvalue weighted by molar-refractivity contribution is -0.135. The summed E-state index contributed by atoms with van der Waals surface area (Å²) in [5, 5.41) is 0. The summed E-state index contributed by atoms with van der Waals surface area (Å²) in [5.74, 6) is 0.653. The Bertz CT molecular complexity index is 542. The Labute approximate surface area is 131 Å². The highest BCUT2D eigenvalue weighted by Crippen LogP contribution is 2.30. The summed E-state index contributed by atoms with van der Waals surface area (Å²) in [5.41, 5.74) is 0.424. The van der Waals surface area contributed by atoms with Crippen LogP contribution < -0.4 is 0 Å². The highest BCUT2D eigenvalue weighted by Gasteiger charge is 2.38. The third-order valence-corrected chi connectivity index (χ3v) is 4.55. The fourth-order valence-corrected chi connectivity index (χ4v) is 3.10. The van der Waals surface area contributed by atoms with Crippen LogP contribution in [0.4, 0.5) is 0 Å². The molecule has 2 heterocycles. The molecule has 1 saturated carbocycles. The van der Waals surface area contributed by atoms with Gasteiger partial charge in [0.05, 0.1) is 0 Å². The Morgan fingerprint density at radius 1 is 1.32 bits per heavy atom. The summed E-state index contributed by atoms with van der Waals surface area (Å²) in [4.78, 5) is 33.2. The number of nitrogens with zero attached hydrogens (tertiary/aromatic N) is 3. The smallest absolute Gasteiger partial charge is 0.273 e. The first kappa shape index (κ1) is 15.0. The number of likely N-dealkylation sites (tertiary alicyclic amines) is 1. The van der Waals surface area contributed by atoms with Gasteiger partial charge in [0, 0.05) is 25.8 Å². The minimum absolute atomic E-state index is 0.108. The fourth-order valence-electron chi connectivity index (χ4n) is 3.10. The molecule has 1 aromatic heterocycles. The van der Waals surface area contributed by atoms with E-state index in [1.165, 1.54) is 12.8 Å². The van der Waals surface area contributed by atoms with Crippen molar-refractivity contribution in [1.82, 2.24) is 14.8 Å². The standard InChI is InChI=1S/C17H23N3O2/c1-2-19(12-13-8-9-13)17(22)15-7-5-11-20(15)16(21)14-6-3-4-10-18-14/h3-4,6,10,13,15H,2,5,7-9,11-12H2,1H3/t15-/m0/s1. The van der Waals surface area contributed by atoms with Crippen molar-refractivity contribution >= 4 is 11.8 Å². The van der Waals surface area contributed by atoms with E-state index in [0.29, 0.717) is 18.2 Å². The van der Waals surface area contributed by atoms with Crippen LogP contribution in [0.1, 0.15) is 43.1 Å². The van der Waals surface area contributed by atoms with Gasteiger partial charge in [-0.05, 0) is 50.7 Å². The number of rotatable bonds is 5. The Morgan fingerprint density at radius 2 is 2.14 bits per heavy atom. The Kier molecular flexibility index (Phi) is 4.41. The molecule has 1 saturated heterocycles. The Hall–Kier alpha value is -1.91. The van der Waals surface area contributed by atoms with Crippen molar-refractivity contribution in [3.63, 3.8) is 0 Å². The second-order valence-corrected chi connectivity index (χ2v) is 6.19. The maximum atomic E-state index is 12.8. The van der Waals surface area contributed by atoms with Crippen molar-refractivity contribution in [1.29, 1.82) is 0 Å². The van der Waals surface area contributed by atoms with E-state index in [4.69, 9.17) is 0 Å². The quantitative estimate of drug-likeness (QED) is 0.835. The van der Waals surface area contributed by atoms with Crippen LogP contribution in [0.25, 0.3) is 0 Å². The molecule has 1 atom stereocenters. The lowest BCUT2D eigenvalue weighted by Gasteiger charge is -2.29. The zero-order chi connectivity index (χ0) is 15.5. The molecule has 2 fully saturated rings. The van der Waals surface area contributed by atoms with Gasteiger partial charge in [0.2, 0.25) is 5.91 Å². The van der Waals surface area contributed by atoms with Gasteiger partial charge in [-0.15, -0.1) is 0 Å². The largest absolute Gasteiger partial charge is 0.341 e. The molecule has 0 radical (unpaired) electrons. The molecule has 1 aliphatic heterocycles. The molecular formula is C17H23N3O2. The molecule has 5 nitrogen and oxygen atoms in total. The van der Waals surface area contributed by atoms with Gasteiger partial charge in [-0.2, -0.15) is 0 Å². The number of hydrogen-bond acceptors (Lipinski definition) is 3. The van der Waals surface area contributed by atoms with E-state index >= 15 is 0 Å². The number of pyridine rings is 1. The minimum Gasteiger partial charge on any atom is -0.341 e. The summed E-state index contributed by atoms with van der Waals surface area (Å²) in [7, 11) is 0. The topological polar surface area (TPSA) is 53.5 Å². The summed E-state index contributed by atoms with van der Waals surface area (Å²) in [6, 6.07) is 4.99. The molecule has 0 spiro atoms. The number of amides is 2. The van der Waals surface area contributed by atoms with Crippen molar-refractivity contribution in [3.8, 4) is 0 Å². The van der Waals surface area contributed by atoms with Gasteiger partial charge in [-0.1, -0.05) is 6.07 Å². The maximum Gasteiger partial charge on any atom is 0.273 e. The predicted octanol–water partition coefficient (Wildman–Crippen LogP) is 1.94. The SMILES string of the molecule is CCN(CC1CC1)C(=O)[C@@H]1CCCN1C(=O)c1ccccn1. The summed E-state index contributed by atoms with van der Waals surface area (Å²) >= 11 is 0. The monoisotopic (exact) mass is 301 g/mol. The Morgan fingerprint density at radius 3 is 2.77 bits per heavy atom. The van der Waals surface area contributed by atoms with Gasteiger partial charge in [-0.25, -0.2) is 0 Å². The molecule has 118 valence electrons. The molecule has 1 aliphatic carbocycles. The lowest BCUT2D eigenvalue weighted by Crippen LogP contribution is -2.48. The van der Waals surface area contributed by atoms with Gasteiger partial charge in [-0.3, -0.25) is 14.6 Å². The van der Waals surface area contributed by atoms with E-state index in [9.17, 15) is 9.59 Å². The van der Waals surface area contributed by atoms with Crippen LogP contribution in [0.15, 0.2) is 24.4 Å². The molecule has 2 amide bonds. The van der Waals surface area contributed by atoms with Crippen LogP contribution >= 0.6 is 0 Å². The zero-order valence-corrected chi connectivity index (χ0v) is 13.1. The predicted molar refractivity (Wildman–Crippen MR) is 83.3 cm³/mol. The van der Waals surface area contributed by atoms with Gasteiger partial charge in [0.25, 0.3) is 5.91 Å². The van der Waals surface area contributed by atoms with Crippen LogP contribution in [0.5, 0.6) is 0 Å².